The molecule has 0 bridgehead atoms. The molecule has 3 aromatic heterocycles. The minimum absolute atomic E-state index is 0.196. The van der Waals surface area contributed by atoms with Gasteiger partial charge in [0.25, 0.3) is 0 Å². The van der Waals surface area contributed by atoms with Gasteiger partial charge in [0, 0.05) is 23.7 Å². The van der Waals surface area contributed by atoms with Crippen molar-refractivity contribution < 1.29 is 14.2 Å². The fraction of sp³-hybridized carbons (Fsp3) is 0.304. The number of rotatable bonds is 7. The third-order valence-electron chi connectivity index (χ3n) is 5.38. The van der Waals surface area contributed by atoms with E-state index in [0.717, 1.165) is 22.3 Å². The van der Waals surface area contributed by atoms with Crippen molar-refractivity contribution in [3.63, 3.8) is 0 Å². The molecule has 0 N–H and O–H groups in total. The summed E-state index contributed by atoms with van der Waals surface area (Å²) in [5.41, 5.74) is 4.27. The molecule has 0 aliphatic rings. The van der Waals surface area contributed by atoms with E-state index in [1.807, 2.05) is 45.0 Å². The molecule has 0 saturated heterocycles. The number of pyridine rings is 1. The molecule has 11 heteroatoms. The molecule has 0 amide bonds. The number of hydrogen-bond acceptors (Lipinski definition) is 9. The van der Waals surface area contributed by atoms with Gasteiger partial charge in [0.15, 0.2) is 5.82 Å². The summed E-state index contributed by atoms with van der Waals surface area (Å²) >= 11 is 0. The predicted molar refractivity (Wildman–Crippen MR) is 124 cm³/mol. The molecule has 0 unspecified atom stereocenters. The highest BCUT2D eigenvalue weighted by Gasteiger charge is 2.17. The molecule has 0 aliphatic heterocycles. The second-order valence-electron chi connectivity index (χ2n) is 7.68. The number of methoxy groups -OCH3 is 2. The van der Waals surface area contributed by atoms with Gasteiger partial charge in [-0.15, -0.1) is 0 Å². The van der Waals surface area contributed by atoms with E-state index in [2.05, 4.69) is 25.4 Å². The van der Waals surface area contributed by atoms with E-state index >= 15 is 0 Å². The Morgan fingerprint density at radius 3 is 2.24 bits per heavy atom. The highest BCUT2D eigenvalue weighted by atomic mass is 16.5. The summed E-state index contributed by atoms with van der Waals surface area (Å²) in [5.74, 6) is 1.70. The molecular weight excluding hydrogens is 438 g/mol. The Balaban J connectivity index is 1.66. The summed E-state index contributed by atoms with van der Waals surface area (Å²) in [5, 5.41) is 7.76. The van der Waals surface area contributed by atoms with Crippen LogP contribution in [0.4, 0.5) is 0 Å². The lowest BCUT2D eigenvalue weighted by molar-refractivity contribution is 0.290. The molecule has 0 spiro atoms. The minimum atomic E-state index is -0.338. The van der Waals surface area contributed by atoms with Crippen LogP contribution in [0.3, 0.4) is 0 Å². The van der Waals surface area contributed by atoms with Gasteiger partial charge in [-0.2, -0.15) is 19.3 Å². The van der Waals surface area contributed by atoms with Crippen LogP contribution >= 0.6 is 0 Å². The van der Waals surface area contributed by atoms with E-state index in [1.165, 1.54) is 23.6 Å². The number of tetrazole rings is 1. The molecule has 4 aromatic rings. The second kappa shape index (κ2) is 9.30. The maximum absolute atomic E-state index is 12.4. The lowest BCUT2D eigenvalue weighted by Crippen LogP contribution is -2.23. The molecule has 3 heterocycles. The molecule has 4 rings (SSSR count). The van der Waals surface area contributed by atoms with Gasteiger partial charge < -0.3 is 14.2 Å². The molecule has 0 atom stereocenters. The van der Waals surface area contributed by atoms with Crippen molar-refractivity contribution in [1.82, 2.24) is 34.7 Å². The molecular formula is C23H25N7O4. The summed E-state index contributed by atoms with van der Waals surface area (Å²) < 4.78 is 19.1. The zero-order valence-electron chi connectivity index (χ0n) is 19.9. The fourth-order valence-corrected chi connectivity index (χ4v) is 3.47. The van der Waals surface area contributed by atoms with Crippen LogP contribution in [0.15, 0.2) is 35.1 Å². The lowest BCUT2D eigenvalue weighted by Gasteiger charge is -2.15. The van der Waals surface area contributed by atoms with Crippen molar-refractivity contribution in [1.29, 1.82) is 0 Å². The van der Waals surface area contributed by atoms with E-state index in [-0.39, 0.29) is 12.3 Å². The van der Waals surface area contributed by atoms with Crippen LogP contribution in [0.5, 0.6) is 17.6 Å². The normalized spacial score (nSPS) is 10.9. The zero-order chi connectivity index (χ0) is 24.4. The van der Waals surface area contributed by atoms with Crippen molar-refractivity contribution in [2.24, 2.45) is 7.05 Å². The van der Waals surface area contributed by atoms with Crippen LogP contribution in [0, 0.1) is 20.8 Å². The number of aromatic nitrogens is 7. The summed E-state index contributed by atoms with van der Waals surface area (Å²) in [4.78, 5) is 25.9. The van der Waals surface area contributed by atoms with Gasteiger partial charge >= 0.3 is 5.69 Å². The van der Waals surface area contributed by atoms with Gasteiger partial charge in [0.2, 0.25) is 17.6 Å². The highest BCUT2D eigenvalue weighted by Crippen LogP contribution is 2.29. The molecule has 0 aliphatic carbocycles. The van der Waals surface area contributed by atoms with Crippen molar-refractivity contribution in [2.45, 2.75) is 27.4 Å². The first-order valence-electron chi connectivity index (χ1n) is 10.5. The van der Waals surface area contributed by atoms with Crippen LogP contribution in [0.2, 0.25) is 0 Å². The quantitative estimate of drug-likeness (QED) is 0.407. The van der Waals surface area contributed by atoms with E-state index in [0.29, 0.717) is 34.8 Å². The highest BCUT2D eigenvalue weighted by molar-refractivity contribution is 5.61. The van der Waals surface area contributed by atoms with Crippen molar-refractivity contribution in [3.05, 3.63) is 63.2 Å². The van der Waals surface area contributed by atoms with E-state index in [9.17, 15) is 4.79 Å². The Kier molecular flexibility index (Phi) is 6.26. The Morgan fingerprint density at radius 2 is 1.62 bits per heavy atom. The standard InChI is InChI=1S/C23H25N7O4/c1-13-8-7-9-18(30-23(31)29(4)27-28-30)17(13)12-34-22-14(2)10-16(15(3)24-22)21-25-19(32-5)11-20(26-21)33-6/h7-11H,12H2,1-6H3. The Hall–Kier alpha value is -4.28. The summed E-state index contributed by atoms with van der Waals surface area (Å²) in [7, 11) is 4.62. The van der Waals surface area contributed by atoms with Crippen LogP contribution in [0.25, 0.3) is 17.1 Å². The number of aryl methyl sites for hydroxylation is 4. The second-order valence-corrected chi connectivity index (χ2v) is 7.68. The van der Waals surface area contributed by atoms with Gasteiger partial charge in [-0.1, -0.05) is 12.1 Å². The summed E-state index contributed by atoms with van der Waals surface area (Å²) in [6.07, 6.45) is 0. The first-order valence-corrected chi connectivity index (χ1v) is 10.5. The molecule has 11 nitrogen and oxygen atoms in total. The largest absolute Gasteiger partial charge is 0.481 e. The zero-order valence-corrected chi connectivity index (χ0v) is 19.9. The average molecular weight is 463 g/mol. The molecule has 0 radical (unpaired) electrons. The Morgan fingerprint density at radius 1 is 0.912 bits per heavy atom. The summed E-state index contributed by atoms with van der Waals surface area (Å²) in [6.45, 7) is 5.90. The number of hydrogen-bond donors (Lipinski definition) is 0. The first-order chi connectivity index (χ1) is 16.3. The minimum Gasteiger partial charge on any atom is -0.481 e. The molecule has 176 valence electrons. The first kappa shape index (κ1) is 22.9. The van der Waals surface area contributed by atoms with Crippen LogP contribution in [-0.4, -0.2) is 49.0 Å². The Bertz CT molecular complexity index is 1390. The summed E-state index contributed by atoms with van der Waals surface area (Å²) in [6, 6.07) is 9.15. The van der Waals surface area contributed by atoms with Gasteiger partial charge in [-0.3, -0.25) is 0 Å². The van der Waals surface area contributed by atoms with Gasteiger partial charge in [0.1, 0.15) is 6.61 Å². The van der Waals surface area contributed by atoms with Gasteiger partial charge in [-0.05, 0) is 48.9 Å². The van der Waals surface area contributed by atoms with Crippen LogP contribution in [-0.2, 0) is 13.7 Å². The van der Waals surface area contributed by atoms with Gasteiger partial charge in [-0.25, -0.2) is 9.78 Å². The third kappa shape index (κ3) is 4.32. The van der Waals surface area contributed by atoms with E-state index in [4.69, 9.17) is 14.2 Å². The van der Waals surface area contributed by atoms with Crippen LogP contribution < -0.4 is 19.9 Å². The Labute approximate surface area is 196 Å². The monoisotopic (exact) mass is 463 g/mol. The number of nitrogens with zero attached hydrogens (tertiary/aromatic N) is 7. The van der Waals surface area contributed by atoms with Crippen LogP contribution in [0.1, 0.15) is 22.4 Å². The predicted octanol–water partition coefficient (Wildman–Crippen LogP) is 2.34. The molecule has 1 aromatic carbocycles. The van der Waals surface area contributed by atoms with Gasteiger partial charge in [0.05, 0.1) is 31.7 Å². The molecule has 0 saturated carbocycles. The smallest absolute Gasteiger partial charge is 0.368 e. The number of benzene rings is 1. The van der Waals surface area contributed by atoms with Crippen molar-refractivity contribution >= 4 is 0 Å². The third-order valence-corrected chi connectivity index (χ3v) is 5.38. The fourth-order valence-electron chi connectivity index (χ4n) is 3.47. The maximum Gasteiger partial charge on any atom is 0.368 e. The van der Waals surface area contributed by atoms with Crippen molar-refractivity contribution in [2.75, 3.05) is 14.2 Å². The van der Waals surface area contributed by atoms with E-state index < -0.39 is 0 Å². The topological polar surface area (TPSA) is 119 Å². The lowest BCUT2D eigenvalue weighted by atomic mass is 10.1. The molecule has 0 fully saturated rings. The van der Waals surface area contributed by atoms with Crippen molar-refractivity contribution in [3.8, 4) is 34.7 Å². The number of ether oxygens (including phenoxy) is 3. The SMILES string of the molecule is COc1cc(OC)nc(-c2cc(C)c(OCc3c(C)cccc3-n3nnn(C)c3=O)nc2C)n1. The maximum atomic E-state index is 12.4. The molecule has 34 heavy (non-hydrogen) atoms. The van der Waals surface area contributed by atoms with E-state index in [1.54, 1.807) is 13.1 Å². The average Bonchev–Trinajstić information content (AvgIpc) is 3.17.